The second-order valence-electron chi connectivity index (χ2n) is 6.81. The van der Waals surface area contributed by atoms with Gasteiger partial charge in [-0.2, -0.15) is 0 Å². The number of hydrogen-bond donors (Lipinski definition) is 1. The topological polar surface area (TPSA) is 45.2 Å². The number of piperidine rings is 1. The maximum atomic E-state index is 12.4. The number of nitrogens with zero attached hydrogens (tertiary/aromatic N) is 2. The zero-order valence-corrected chi connectivity index (χ0v) is 14.6. The van der Waals surface area contributed by atoms with Crippen LogP contribution in [0.1, 0.15) is 35.4 Å². The summed E-state index contributed by atoms with van der Waals surface area (Å²) in [6.45, 7) is 1.88. The molecule has 5 rings (SSSR count). The van der Waals surface area contributed by atoms with E-state index < -0.39 is 0 Å². The minimum atomic E-state index is -0.132. The molecule has 3 heterocycles. The van der Waals surface area contributed by atoms with Crippen molar-refractivity contribution in [2.24, 2.45) is 0 Å². The number of para-hydroxylation sites is 2. The molecule has 1 fully saturated rings. The van der Waals surface area contributed by atoms with Crippen molar-refractivity contribution in [3.05, 3.63) is 59.1 Å². The van der Waals surface area contributed by atoms with E-state index in [9.17, 15) is 4.79 Å². The van der Waals surface area contributed by atoms with Crippen molar-refractivity contribution in [2.75, 3.05) is 18.4 Å². The number of fused-ring (bicyclic) bond motifs is 2. The highest BCUT2D eigenvalue weighted by Gasteiger charge is 2.37. The number of anilines is 1. The summed E-state index contributed by atoms with van der Waals surface area (Å²) in [5, 5.41) is 4.26. The first-order valence-corrected chi connectivity index (χ1v) is 9.60. The van der Waals surface area contributed by atoms with Gasteiger partial charge in [-0.15, -0.1) is 11.3 Å². The quantitative estimate of drug-likeness (QED) is 0.755. The van der Waals surface area contributed by atoms with Crippen LogP contribution < -0.4 is 5.32 Å². The molecule has 0 unspecified atom stereocenters. The van der Waals surface area contributed by atoms with E-state index in [-0.39, 0.29) is 11.9 Å². The van der Waals surface area contributed by atoms with Gasteiger partial charge in [0.05, 0.1) is 15.2 Å². The molecule has 126 valence electrons. The maximum absolute atomic E-state index is 12.4. The first-order valence-electron chi connectivity index (χ1n) is 8.79. The van der Waals surface area contributed by atoms with Gasteiger partial charge in [-0.3, -0.25) is 9.69 Å². The lowest BCUT2D eigenvalue weighted by Crippen LogP contribution is -2.39. The lowest BCUT2D eigenvalue weighted by atomic mass is 9.95. The Balaban J connectivity index is 1.34. The lowest BCUT2D eigenvalue weighted by Gasteiger charge is -2.34. The number of nitrogens with one attached hydrogen (secondary N) is 1. The minimum Gasteiger partial charge on any atom is -0.324 e. The van der Waals surface area contributed by atoms with Crippen molar-refractivity contribution in [2.45, 2.75) is 24.8 Å². The highest BCUT2D eigenvalue weighted by Crippen LogP contribution is 2.39. The third-order valence-electron chi connectivity index (χ3n) is 5.32. The number of benzene rings is 2. The van der Waals surface area contributed by atoms with Crippen LogP contribution >= 0.6 is 11.3 Å². The maximum Gasteiger partial charge on any atom is 0.246 e. The molecule has 1 atom stereocenters. The summed E-state index contributed by atoms with van der Waals surface area (Å²) in [6.07, 6.45) is 2.12. The van der Waals surface area contributed by atoms with Crippen molar-refractivity contribution in [3.63, 3.8) is 0 Å². The fourth-order valence-electron chi connectivity index (χ4n) is 4.02. The van der Waals surface area contributed by atoms with Crippen LogP contribution in [0.4, 0.5) is 5.69 Å². The largest absolute Gasteiger partial charge is 0.324 e. The molecule has 0 bridgehead atoms. The Morgan fingerprint density at radius 2 is 1.80 bits per heavy atom. The number of carbonyl (C=O) groups excluding carboxylic acids is 1. The van der Waals surface area contributed by atoms with Gasteiger partial charge in [0, 0.05) is 17.2 Å². The summed E-state index contributed by atoms with van der Waals surface area (Å²) in [5.41, 5.74) is 3.19. The van der Waals surface area contributed by atoms with Crippen LogP contribution in [0.3, 0.4) is 0 Å². The van der Waals surface area contributed by atoms with Gasteiger partial charge in [-0.1, -0.05) is 30.3 Å². The lowest BCUT2D eigenvalue weighted by molar-refractivity contribution is -0.121. The fraction of sp³-hybridized carbons (Fsp3) is 0.300. The molecule has 2 aliphatic heterocycles. The van der Waals surface area contributed by atoms with E-state index in [0.29, 0.717) is 5.92 Å². The van der Waals surface area contributed by atoms with Gasteiger partial charge in [0.15, 0.2) is 0 Å². The molecule has 25 heavy (non-hydrogen) atoms. The van der Waals surface area contributed by atoms with Gasteiger partial charge >= 0.3 is 0 Å². The molecule has 1 saturated heterocycles. The summed E-state index contributed by atoms with van der Waals surface area (Å²) >= 11 is 1.82. The normalized spacial score (nSPS) is 21.4. The zero-order valence-electron chi connectivity index (χ0n) is 13.8. The van der Waals surface area contributed by atoms with Crippen LogP contribution in [0.5, 0.6) is 0 Å². The molecular weight excluding hydrogens is 330 g/mol. The highest BCUT2D eigenvalue weighted by molar-refractivity contribution is 7.18. The third-order valence-corrected chi connectivity index (χ3v) is 6.51. The van der Waals surface area contributed by atoms with Crippen LogP contribution in [-0.2, 0) is 4.79 Å². The van der Waals surface area contributed by atoms with Gasteiger partial charge in [-0.05, 0) is 44.1 Å². The van der Waals surface area contributed by atoms with Crippen LogP contribution in [0.15, 0.2) is 48.5 Å². The Labute approximate surface area is 150 Å². The van der Waals surface area contributed by atoms with Crippen LogP contribution in [0.25, 0.3) is 10.2 Å². The van der Waals surface area contributed by atoms with Crippen molar-refractivity contribution in [1.29, 1.82) is 0 Å². The number of aromatic nitrogens is 1. The average molecular weight is 349 g/mol. The summed E-state index contributed by atoms with van der Waals surface area (Å²) in [7, 11) is 0. The predicted molar refractivity (Wildman–Crippen MR) is 101 cm³/mol. The summed E-state index contributed by atoms with van der Waals surface area (Å²) in [4.78, 5) is 19.6. The number of carbonyl (C=O) groups is 1. The van der Waals surface area contributed by atoms with E-state index in [2.05, 4.69) is 34.5 Å². The van der Waals surface area contributed by atoms with Gasteiger partial charge in [-0.25, -0.2) is 4.98 Å². The highest BCUT2D eigenvalue weighted by atomic mass is 32.1. The molecule has 1 N–H and O–H groups in total. The number of likely N-dealkylation sites (tertiary alicyclic amines) is 1. The molecule has 0 aliphatic carbocycles. The molecule has 0 saturated carbocycles. The second kappa shape index (κ2) is 5.93. The molecule has 1 amide bonds. The molecule has 1 aromatic heterocycles. The monoisotopic (exact) mass is 349 g/mol. The number of thiazole rings is 1. The number of rotatable bonds is 2. The first kappa shape index (κ1) is 15.0. The Morgan fingerprint density at radius 3 is 2.64 bits per heavy atom. The standard InChI is InChI=1S/C20H19N3OS/c24-19-18(14-5-1-2-6-15(14)21-19)23-11-9-13(10-12-23)20-22-16-7-3-4-8-17(16)25-20/h1-8,13,18H,9-12H2,(H,21,24)/t18-/m1/s1. The van der Waals surface area contributed by atoms with E-state index >= 15 is 0 Å². The Kier molecular flexibility index (Phi) is 3.57. The first-order chi connectivity index (χ1) is 12.3. The van der Waals surface area contributed by atoms with Gasteiger partial charge < -0.3 is 5.32 Å². The Morgan fingerprint density at radius 1 is 1.04 bits per heavy atom. The molecule has 0 spiro atoms. The SMILES string of the molecule is O=C1Nc2ccccc2[C@H]1N1CCC(c2nc3ccccc3s2)CC1. The summed E-state index contributed by atoms with van der Waals surface area (Å²) in [5.74, 6) is 0.619. The van der Waals surface area contributed by atoms with E-state index in [1.807, 2.05) is 35.6 Å². The van der Waals surface area contributed by atoms with Crippen LogP contribution in [0, 0.1) is 0 Å². The molecule has 3 aromatic rings. The molecule has 2 aromatic carbocycles. The molecule has 2 aliphatic rings. The van der Waals surface area contributed by atoms with Gasteiger partial charge in [0.25, 0.3) is 0 Å². The van der Waals surface area contributed by atoms with Crippen molar-refractivity contribution in [3.8, 4) is 0 Å². The molecule has 4 nitrogen and oxygen atoms in total. The second-order valence-corrected chi connectivity index (χ2v) is 7.87. The third kappa shape index (κ3) is 2.55. The van der Waals surface area contributed by atoms with E-state index in [1.54, 1.807) is 0 Å². The molecular formula is C20H19N3OS. The van der Waals surface area contributed by atoms with Crippen molar-refractivity contribution < 1.29 is 4.79 Å². The fourth-order valence-corrected chi connectivity index (χ4v) is 5.16. The smallest absolute Gasteiger partial charge is 0.246 e. The van der Waals surface area contributed by atoms with Gasteiger partial charge in [0.2, 0.25) is 5.91 Å². The van der Waals surface area contributed by atoms with Crippen molar-refractivity contribution in [1.82, 2.24) is 9.88 Å². The molecule has 0 radical (unpaired) electrons. The Bertz CT molecular complexity index is 910. The summed E-state index contributed by atoms with van der Waals surface area (Å²) in [6, 6.07) is 16.3. The van der Waals surface area contributed by atoms with Crippen LogP contribution in [0.2, 0.25) is 0 Å². The molecule has 5 heteroatoms. The summed E-state index contributed by atoms with van der Waals surface area (Å²) < 4.78 is 1.27. The minimum absolute atomic E-state index is 0.111. The van der Waals surface area contributed by atoms with E-state index in [1.165, 1.54) is 9.71 Å². The zero-order chi connectivity index (χ0) is 16.8. The van der Waals surface area contributed by atoms with Crippen LogP contribution in [-0.4, -0.2) is 28.9 Å². The number of hydrogen-bond acceptors (Lipinski definition) is 4. The van der Waals surface area contributed by atoms with E-state index in [0.717, 1.165) is 42.7 Å². The van der Waals surface area contributed by atoms with Crippen molar-refractivity contribution >= 4 is 33.1 Å². The number of amides is 1. The Hall–Kier alpha value is -2.24. The predicted octanol–water partition coefficient (Wildman–Crippen LogP) is 4.17. The van der Waals surface area contributed by atoms with Gasteiger partial charge in [0.1, 0.15) is 6.04 Å². The van der Waals surface area contributed by atoms with E-state index in [4.69, 9.17) is 4.98 Å². The average Bonchev–Trinajstić information content (AvgIpc) is 3.22.